The molecule has 0 saturated heterocycles. The highest BCUT2D eigenvalue weighted by atomic mass is 19.1. The maximum absolute atomic E-state index is 16.0. The number of hydrogen-bond acceptors (Lipinski definition) is 6. The molecule has 0 aliphatic heterocycles. The highest BCUT2D eigenvalue weighted by Crippen LogP contribution is 2.50. The van der Waals surface area contributed by atoms with E-state index in [4.69, 9.17) is 0 Å². The van der Waals surface area contributed by atoms with Gasteiger partial charge in [0.15, 0.2) is 5.60 Å². The third-order valence-corrected chi connectivity index (χ3v) is 18.3. The Bertz CT molecular complexity index is 1220. The molecule has 0 aliphatic carbocycles. The van der Waals surface area contributed by atoms with Crippen LogP contribution in [0.3, 0.4) is 0 Å². The second kappa shape index (κ2) is 54.6. The molecule has 77 heavy (non-hydrogen) atoms. The largest absolute Gasteiger partial charge is 0.393 e. The first-order valence-electron chi connectivity index (χ1n) is 35.2. The van der Waals surface area contributed by atoms with Crippen molar-refractivity contribution in [2.75, 3.05) is 6.61 Å². The molecule has 0 aliphatic rings. The Morgan fingerprint density at radius 3 is 0.623 bits per heavy atom. The molecule has 0 unspecified atom stereocenters. The third-order valence-electron chi connectivity index (χ3n) is 18.3. The summed E-state index contributed by atoms with van der Waals surface area (Å²) in [5.41, 5.74) is -10.4. The number of unbranched alkanes of at least 4 members (excludes halogenated alkanes) is 52. The molecule has 0 radical (unpaired) electrons. The summed E-state index contributed by atoms with van der Waals surface area (Å²) in [4.78, 5) is 13.5. The van der Waals surface area contributed by atoms with Gasteiger partial charge in [-0.25, -0.2) is 0 Å². The minimum atomic E-state index is -2.93. The monoisotopic (exact) mass is 1100 g/mol. The van der Waals surface area contributed by atoms with Gasteiger partial charge >= 0.3 is 6.04 Å². The average molecular weight is 1100 g/mol. The van der Waals surface area contributed by atoms with Crippen LogP contribution in [0.5, 0.6) is 0 Å². The molecule has 0 amide bonds. The van der Waals surface area contributed by atoms with Crippen molar-refractivity contribution in [1.82, 2.24) is 0 Å². The van der Waals surface area contributed by atoms with E-state index in [2.05, 4.69) is 27.7 Å². The zero-order chi connectivity index (χ0) is 56.7. The van der Waals surface area contributed by atoms with Crippen LogP contribution in [0.25, 0.3) is 0 Å². The van der Waals surface area contributed by atoms with Crippen LogP contribution in [0.1, 0.15) is 413 Å². The van der Waals surface area contributed by atoms with E-state index in [0.29, 0.717) is 38.5 Å². The molecular weight excluding hydrogens is 956 g/mol. The first-order chi connectivity index (χ1) is 37.5. The summed E-state index contributed by atoms with van der Waals surface area (Å²) in [5, 5.41) is 63.1. The predicted molar refractivity (Wildman–Crippen MR) is 333 cm³/mol. The number of carbonyl (C=O) groups is 1. The predicted octanol–water partition coefficient (Wildman–Crippen LogP) is 21.9. The highest BCUT2D eigenvalue weighted by Gasteiger charge is 2.70. The summed E-state index contributed by atoms with van der Waals surface area (Å²) in [5.74, 6) is 0. The van der Waals surface area contributed by atoms with E-state index in [0.717, 1.165) is 89.9 Å². The zero-order valence-electron chi connectivity index (χ0n) is 52.7. The van der Waals surface area contributed by atoms with Crippen LogP contribution in [-0.2, 0) is 4.79 Å². The fourth-order valence-electron chi connectivity index (χ4n) is 12.8. The molecule has 0 aromatic rings. The molecule has 7 heteroatoms. The van der Waals surface area contributed by atoms with Gasteiger partial charge in [0.2, 0.25) is 0 Å². The Labute approximate surface area is 480 Å². The molecule has 5 N–H and O–H groups in total. The molecule has 462 valence electrons. The first-order valence-corrected chi connectivity index (χ1v) is 35.2. The molecule has 0 spiro atoms. The molecule has 0 aromatic heterocycles. The summed E-state index contributed by atoms with van der Waals surface area (Å²) in [6.45, 7) is 8.18. The first kappa shape index (κ1) is 76.4. The molecular formula is C70H139FO6. The zero-order valence-corrected chi connectivity index (χ0v) is 52.7. The summed E-state index contributed by atoms with van der Waals surface area (Å²) in [6, 6.07) is -2.05. The van der Waals surface area contributed by atoms with Gasteiger partial charge in [-0.3, -0.25) is 4.79 Å². The number of aliphatic hydroxyl groups excluding tert-OH is 1. The van der Waals surface area contributed by atoms with Crippen LogP contribution >= 0.6 is 0 Å². The van der Waals surface area contributed by atoms with Crippen molar-refractivity contribution in [2.45, 2.75) is 435 Å². The number of aliphatic hydroxyl groups is 5. The van der Waals surface area contributed by atoms with E-state index < -0.39 is 35.0 Å². The van der Waals surface area contributed by atoms with Crippen LogP contribution < -0.4 is 0 Å². The van der Waals surface area contributed by atoms with Crippen molar-refractivity contribution in [3.05, 3.63) is 0 Å². The van der Waals surface area contributed by atoms with Gasteiger partial charge < -0.3 is 25.5 Å². The van der Waals surface area contributed by atoms with Crippen LogP contribution in [0, 0.1) is 0 Å². The Hall–Kier alpha value is -0.600. The fourth-order valence-corrected chi connectivity index (χ4v) is 12.8. The van der Waals surface area contributed by atoms with Crippen molar-refractivity contribution in [1.29, 1.82) is 0 Å². The summed E-state index contributed by atoms with van der Waals surface area (Å²) >= 11 is 0. The fraction of sp³-hybridized carbons (Fsp3) is 0.986. The van der Waals surface area contributed by atoms with Gasteiger partial charge in [0.25, 0.3) is 0 Å². The normalized spacial score (nSPS) is 15.1. The standard InChI is InChI=1S/C70H139FO6/c1-5-9-13-17-21-25-29-33-37-41-45-49-53-57-61-67(74,65-72)69(76,63-59-55-51-47-43-39-35-31-27-23-19-15-11-7-3)70(77,64-60-56-52-48-44-40-36-32-28-24-20-16-12-8-4)68(75,66(71)73)62-58-54-50-46-42-38-34-30-26-22-18-14-10-6-2/h72,74-77H,5-65H2,1-4H3/t67-,68+,69-,70-/m1/s1. The van der Waals surface area contributed by atoms with Gasteiger partial charge in [0.1, 0.15) is 16.8 Å². The number of rotatable bonds is 65. The van der Waals surface area contributed by atoms with Gasteiger partial charge in [-0.2, -0.15) is 4.39 Å². The third kappa shape index (κ3) is 38.0. The van der Waals surface area contributed by atoms with E-state index in [1.165, 1.54) is 231 Å². The number of halogens is 1. The maximum atomic E-state index is 16.0. The molecule has 6 nitrogen and oxygen atoms in total. The van der Waals surface area contributed by atoms with Crippen LogP contribution in [0.4, 0.5) is 4.39 Å². The van der Waals surface area contributed by atoms with Gasteiger partial charge in [0.05, 0.1) is 6.61 Å². The molecule has 0 bridgehead atoms. The lowest BCUT2D eigenvalue weighted by atomic mass is 9.58. The second-order valence-electron chi connectivity index (χ2n) is 25.4. The lowest BCUT2D eigenvalue weighted by Gasteiger charge is -2.57. The Morgan fingerprint density at radius 1 is 0.260 bits per heavy atom. The van der Waals surface area contributed by atoms with Gasteiger partial charge in [-0.1, -0.05) is 381 Å². The van der Waals surface area contributed by atoms with E-state index in [-0.39, 0.29) is 25.7 Å². The van der Waals surface area contributed by atoms with Crippen molar-refractivity contribution < 1.29 is 34.7 Å². The van der Waals surface area contributed by atoms with Crippen LogP contribution in [-0.4, -0.2) is 60.6 Å². The Morgan fingerprint density at radius 2 is 0.429 bits per heavy atom. The molecule has 0 heterocycles. The van der Waals surface area contributed by atoms with E-state index in [9.17, 15) is 30.3 Å². The maximum Gasteiger partial charge on any atom is 0.335 e. The molecule has 0 aromatic carbocycles. The van der Waals surface area contributed by atoms with Crippen molar-refractivity contribution in [3.63, 3.8) is 0 Å². The van der Waals surface area contributed by atoms with E-state index >= 15 is 4.39 Å². The summed E-state index contributed by atoms with van der Waals surface area (Å²) < 4.78 is 16.0. The summed E-state index contributed by atoms with van der Waals surface area (Å²) in [7, 11) is 0. The lowest BCUT2D eigenvalue weighted by Crippen LogP contribution is -2.78. The summed E-state index contributed by atoms with van der Waals surface area (Å²) in [6.07, 6.45) is 62.9. The number of carbonyl (C=O) groups excluding carboxylic acids is 1. The average Bonchev–Trinajstić information content (AvgIpc) is 3.43. The molecule has 4 atom stereocenters. The number of hydrogen-bond donors (Lipinski definition) is 5. The quantitative estimate of drug-likeness (QED) is 0.0306. The Balaban J connectivity index is 6.08. The minimum absolute atomic E-state index is 0.00685. The molecule has 0 fully saturated rings. The van der Waals surface area contributed by atoms with Gasteiger partial charge in [0, 0.05) is 0 Å². The van der Waals surface area contributed by atoms with E-state index in [1.54, 1.807) is 0 Å². The molecule has 0 saturated carbocycles. The highest BCUT2D eigenvalue weighted by molar-refractivity contribution is 5.80. The van der Waals surface area contributed by atoms with Crippen LogP contribution in [0.2, 0.25) is 0 Å². The van der Waals surface area contributed by atoms with Crippen molar-refractivity contribution in [3.8, 4) is 0 Å². The topological polar surface area (TPSA) is 118 Å². The SMILES string of the molecule is CCCCCCCCCCCCCCCC[C@@](O)(CO)[C@](O)(CCCCCCCCCCCCCCCC)[C@@](O)(CCCCCCCCCCCCCCCC)[C@](O)(CCCCCCCCCCCCCCCC)C(=O)F. The smallest absolute Gasteiger partial charge is 0.335 e. The van der Waals surface area contributed by atoms with Crippen molar-refractivity contribution in [2.24, 2.45) is 0 Å². The van der Waals surface area contributed by atoms with Crippen LogP contribution in [0.15, 0.2) is 0 Å². The minimum Gasteiger partial charge on any atom is -0.393 e. The second-order valence-corrected chi connectivity index (χ2v) is 25.4. The Kier molecular flexibility index (Phi) is 54.2. The lowest BCUT2D eigenvalue weighted by molar-refractivity contribution is -0.310. The van der Waals surface area contributed by atoms with Gasteiger partial charge in [-0.05, 0) is 32.1 Å². The molecule has 0 rings (SSSR count). The van der Waals surface area contributed by atoms with E-state index in [1.807, 2.05) is 0 Å². The van der Waals surface area contributed by atoms with Gasteiger partial charge in [-0.15, -0.1) is 0 Å². The van der Waals surface area contributed by atoms with Crippen molar-refractivity contribution >= 4 is 6.04 Å².